The number of aliphatic carboxylic acids is 1. The highest BCUT2D eigenvalue weighted by atomic mass is 16.4. The molecule has 0 spiro atoms. The molecular weight excluding hydrogens is 176 g/mol. The van der Waals surface area contributed by atoms with E-state index in [2.05, 4.69) is 5.32 Å². The SMILES string of the molecule is CC(O)CN1C(=O)NCC1C(=O)O. The van der Waals surface area contributed by atoms with Crippen molar-refractivity contribution in [3.8, 4) is 0 Å². The van der Waals surface area contributed by atoms with Crippen LogP contribution in [0.4, 0.5) is 4.79 Å². The second-order valence-corrected chi connectivity index (χ2v) is 3.04. The number of carbonyl (C=O) groups is 2. The van der Waals surface area contributed by atoms with Gasteiger partial charge in [0, 0.05) is 6.54 Å². The molecular formula is C7H12N2O4. The van der Waals surface area contributed by atoms with Crippen molar-refractivity contribution in [2.75, 3.05) is 13.1 Å². The summed E-state index contributed by atoms with van der Waals surface area (Å²) < 4.78 is 0. The summed E-state index contributed by atoms with van der Waals surface area (Å²) >= 11 is 0. The van der Waals surface area contributed by atoms with Crippen LogP contribution in [0.15, 0.2) is 0 Å². The fourth-order valence-electron chi connectivity index (χ4n) is 1.25. The summed E-state index contributed by atoms with van der Waals surface area (Å²) in [6.07, 6.45) is -0.717. The molecule has 0 bridgehead atoms. The van der Waals surface area contributed by atoms with Gasteiger partial charge in [0.2, 0.25) is 0 Å². The molecule has 0 radical (unpaired) electrons. The molecule has 1 heterocycles. The van der Waals surface area contributed by atoms with Crippen LogP contribution in [0, 0.1) is 0 Å². The van der Waals surface area contributed by atoms with Crippen LogP contribution >= 0.6 is 0 Å². The number of aliphatic hydroxyl groups is 1. The lowest BCUT2D eigenvalue weighted by Crippen LogP contribution is -2.43. The Morgan fingerprint density at radius 2 is 2.46 bits per heavy atom. The van der Waals surface area contributed by atoms with Crippen molar-refractivity contribution < 1.29 is 19.8 Å². The molecule has 6 nitrogen and oxygen atoms in total. The second-order valence-electron chi connectivity index (χ2n) is 3.04. The van der Waals surface area contributed by atoms with E-state index in [1.54, 1.807) is 0 Å². The number of amides is 2. The monoisotopic (exact) mass is 188 g/mol. The van der Waals surface area contributed by atoms with Crippen LogP contribution in [0.3, 0.4) is 0 Å². The summed E-state index contributed by atoms with van der Waals surface area (Å²) in [7, 11) is 0. The largest absolute Gasteiger partial charge is 0.480 e. The average Bonchev–Trinajstić information content (AvgIpc) is 2.32. The maximum absolute atomic E-state index is 11.1. The molecule has 0 aromatic rings. The van der Waals surface area contributed by atoms with E-state index >= 15 is 0 Å². The van der Waals surface area contributed by atoms with Gasteiger partial charge in [-0.1, -0.05) is 0 Å². The number of carbonyl (C=O) groups excluding carboxylic acids is 1. The summed E-state index contributed by atoms with van der Waals surface area (Å²) in [4.78, 5) is 22.8. The molecule has 1 aliphatic rings. The van der Waals surface area contributed by atoms with Crippen molar-refractivity contribution in [1.82, 2.24) is 10.2 Å². The molecule has 2 amide bonds. The Hall–Kier alpha value is -1.30. The number of hydrogen-bond donors (Lipinski definition) is 3. The Morgan fingerprint density at radius 1 is 1.85 bits per heavy atom. The zero-order valence-corrected chi connectivity index (χ0v) is 7.23. The number of aliphatic hydroxyl groups excluding tert-OH is 1. The fraction of sp³-hybridized carbons (Fsp3) is 0.714. The smallest absolute Gasteiger partial charge is 0.328 e. The lowest BCUT2D eigenvalue weighted by Gasteiger charge is -2.20. The molecule has 1 saturated heterocycles. The van der Waals surface area contributed by atoms with E-state index in [0.717, 1.165) is 4.90 Å². The molecule has 2 unspecified atom stereocenters. The molecule has 0 aromatic heterocycles. The Kier molecular flexibility index (Phi) is 2.72. The van der Waals surface area contributed by atoms with Gasteiger partial charge in [0.15, 0.2) is 0 Å². The van der Waals surface area contributed by atoms with Gasteiger partial charge in [0.1, 0.15) is 6.04 Å². The number of nitrogens with one attached hydrogen (secondary N) is 1. The first-order valence-corrected chi connectivity index (χ1v) is 3.97. The predicted octanol–water partition coefficient (Wildman–Crippen LogP) is -1.15. The van der Waals surface area contributed by atoms with Gasteiger partial charge in [-0.3, -0.25) is 0 Å². The average molecular weight is 188 g/mol. The number of nitrogens with zero attached hydrogens (tertiary/aromatic N) is 1. The van der Waals surface area contributed by atoms with Crippen LogP contribution in [-0.2, 0) is 4.79 Å². The lowest BCUT2D eigenvalue weighted by atomic mass is 10.2. The second kappa shape index (κ2) is 3.61. The van der Waals surface area contributed by atoms with E-state index < -0.39 is 24.1 Å². The van der Waals surface area contributed by atoms with Crippen LogP contribution in [0.1, 0.15) is 6.92 Å². The molecule has 1 rings (SSSR count). The summed E-state index contributed by atoms with van der Waals surface area (Å²) in [5, 5.41) is 20.1. The number of hydrogen-bond acceptors (Lipinski definition) is 3. The summed E-state index contributed by atoms with van der Waals surface area (Å²) in [6.45, 7) is 1.65. The lowest BCUT2D eigenvalue weighted by molar-refractivity contribution is -0.141. The van der Waals surface area contributed by atoms with Crippen LogP contribution < -0.4 is 5.32 Å². The van der Waals surface area contributed by atoms with Gasteiger partial charge in [0.25, 0.3) is 0 Å². The third-order valence-electron chi connectivity index (χ3n) is 1.83. The maximum Gasteiger partial charge on any atom is 0.328 e. The van der Waals surface area contributed by atoms with Crippen LogP contribution in [0.5, 0.6) is 0 Å². The number of carboxylic acids is 1. The van der Waals surface area contributed by atoms with Gasteiger partial charge >= 0.3 is 12.0 Å². The van der Waals surface area contributed by atoms with Crippen molar-refractivity contribution in [2.24, 2.45) is 0 Å². The van der Waals surface area contributed by atoms with Crippen LogP contribution in [0.2, 0.25) is 0 Å². The molecule has 74 valence electrons. The molecule has 6 heteroatoms. The molecule has 1 aliphatic heterocycles. The van der Waals surface area contributed by atoms with E-state index in [9.17, 15) is 9.59 Å². The molecule has 0 aliphatic carbocycles. The standard InChI is InChI=1S/C7H12N2O4/c1-4(10)3-9-5(6(11)12)2-8-7(9)13/h4-5,10H,2-3H2,1H3,(H,8,13)(H,11,12). The first-order valence-electron chi connectivity index (χ1n) is 3.97. The molecule has 2 atom stereocenters. The van der Waals surface area contributed by atoms with Crippen molar-refractivity contribution in [1.29, 1.82) is 0 Å². The fourth-order valence-corrected chi connectivity index (χ4v) is 1.25. The van der Waals surface area contributed by atoms with Crippen molar-refractivity contribution >= 4 is 12.0 Å². The molecule has 3 N–H and O–H groups in total. The minimum absolute atomic E-state index is 0.0444. The summed E-state index contributed by atoms with van der Waals surface area (Å²) in [6, 6.07) is -1.30. The minimum Gasteiger partial charge on any atom is -0.480 e. The van der Waals surface area contributed by atoms with Gasteiger partial charge in [-0.05, 0) is 6.92 Å². The Morgan fingerprint density at radius 3 is 2.92 bits per heavy atom. The van der Waals surface area contributed by atoms with Crippen LogP contribution in [-0.4, -0.2) is 52.3 Å². The highest BCUT2D eigenvalue weighted by Gasteiger charge is 2.36. The van der Waals surface area contributed by atoms with E-state index in [-0.39, 0.29) is 13.1 Å². The first-order chi connectivity index (χ1) is 6.02. The normalized spacial score (nSPS) is 24.3. The topological polar surface area (TPSA) is 89.9 Å². The van der Waals surface area contributed by atoms with E-state index in [4.69, 9.17) is 10.2 Å². The third kappa shape index (κ3) is 2.09. The zero-order chi connectivity index (χ0) is 10.0. The summed E-state index contributed by atoms with van der Waals surface area (Å²) in [5.41, 5.74) is 0. The number of carboxylic acid groups (broad SMARTS) is 1. The minimum atomic E-state index is -1.06. The van der Waals surface area contributed by atoms with Crippen molar-refractivity contribution in [2.45, 2.75) is 19.1 Å². The van der Waals surface area contributed by atoms with Gasteiger partial charge in [-0.15, -0.1) is 0 Å². The number of β-amino-alcohol motifs (C(OH)–C–C–N with tert-alkyl or cyclic N) is 1. The molecule has 0 aromatic carbocycles. The van der Waals surface area contributed by atoms with Crippen molar-refractivity contribution in [3.63, 3.8) is 0 Å². The number of urea groups is 1. The van der Waals surface area contributed by atoms with Gasteiger partial charge < -0.3 is 20.4 Å². The van der Waals surface area contributed by atoms with Gasteiger partial charge in [-0.2, -0.15) is 0 Å². The first kappa shape index (κ1) is 9.79. The highest BCUT2D eigenvalue weighted by molar-refractivity contribution is 5.86. The van der Waals surface area contributed by atoms with E-state index in [1.165, 1.54) is 6.92 Å². The highest BCUT2D eigenvalue weighted by Crippen LogP contribution is 2.07. The van der Waals surface area contributed by atoms with E-state index in [0.29, 0.717) is 0 Å². The number of rotatable bonds is 3. The molecule has 13 heavy (non-hydrogen) atoms. The van der Waals surface area contributed by atoms with Gasteiger partial charge in [0.05, 0.1) is 12.6 Å². The zero-order valence-electron chi connectivity index (χ0n) is 7.23. The van der Waals surface area contributed by atoms with E-state index in [1.807, 2.05) is 0 Å². The molecule has 0 saturated carbocycles. The third-order valence-corrected chi connectivity index (χ3v) is 1.83. The Bertz CT molecular complexity index is 229. The van der Waals surface area contributed by atoms with Crippen molar-refractivity contribution in [3.05, 3.63) is 0 Å². The van der Waals surface area contributed by atoms with Crippen LogP contribution in [0.25, 0.3) is 0 Å². The predicted molar refractivity (Wildman–Crippen MR) is 43.2 cm³/mol. The maximum atomic E-state index is 11.1. The Balaban J connectivity index is 2.65. The Labute approximate surface area is 75.1 Å². The molecule has 1 fully saturated rings. The quantitative estimate of drug-likeness (QED) is 0.521. The van der Waals surface area contributed by atoms with Gasteiger partial charge in [-0.25, -0.2) is 9.59 Å². The summed E-state index contributed by atoms with van der Waals surface area (Å²) in [5.74, 6) is -1.06.